The molecular weight excluding hydrogens is 242 g/mol. The molecule has 0 aliphatic heterocycles. The number of rotatable bonds is 7. The van der Waals surface area contributed by atoms with Crippen LogP contribution in [0.4, 0.5) is 0 Å². The topological polar surface area (TPSA) is 72.5 Å². The Morgan fingerprint density at radius 2 is 2.00 bits per heavy atom. The maximum Gasteiger partial charge on any atom is 0.264 e. The van der Waals surface area contributed by atoms with Gasteiger partial charge in [0.15, 0.2) is 0 Å². The number of hydrogen-bond donors (Lipinski definition) is 1. The van der Waals surface area contributed by atoms with Gasteiger partial charge in [0, 0.05) is 0 Å². The van der Waals surface area contributed by atoms with Crippen LogP contribution in [0.3, 0.4) is 0 Å². The van der Waals surface area contributed by atoms with E-state index in [4.69, 9.17) is 0 Å². The molecule has 0 radical (unpaired) electrons. The van der Waals surface area contributed by atoms with Gasteiger partial charge in [0.05, 0.1) is 18.9 Å². The fourth-order valence-corrected chi connectivity index (χ4v) is 1.78. The predicted molar refractivity (Wildman–Crippen MR) is 63.9 cm³/mol. The normalized spacial score (nSPS) is 13.0. The average molecular weight is 257 g/mol. The highest BCUT2D eigenvalue weighted by molar-refractivity contribution is 7.85. The third-order valence-corrected chi connectivity index (χ3v) is 2.68. The number of carbonyl (C=O) groups excluding carboxylic acids is 1. The molecule has 0 aromatic heterocycles. The molecule has 1 atom stereocenters. The van der Waals surface area contributed by atoms with Crippen LogP contribution in [0.25, 0.3) is 0 Å². The highest BCUT2D eigenvalue weighted by atomic mass is 32.2. The molecule has 1 amide bonds. The van der Waals surface area contributed by atoms with Crippen molar-refractivity contribution in [3.63, 3.8) is 0 Å². The van der Waals surface area contributed by atoms with Crippen LogP contribution in [0.15, 0.2) is 30.3 Å². The zero-order chi connectivity index (χ0) is 12.7. The van der Waals surface area contributed by atoms with Crippen molar-refractivity contribution in [1.29, 1.82) is 0 Å². The van der Waals surface area contributed by atoms with Crippen LogP contribution in [0.5, 0.6) is 0 Å². The Balaban J connectivity index is 2.57. The van der Waals surface area contributed by atoms with E-state index in [9.17, 15) is 13.2 Å². The second-order valence-electron chi connectivity index (χ2n) is 3.66. The van der Waals surface area contributed by atoms with Crippen LogP contribution in [0.2, 0.25) is 0 Å². The molecule has 94 valence electrons. The molecule has 1 N–H and O–H groups in total. The summed E-state index contributed by atoms with van der Waals surface area (Å²) < 4.78 is 26.4. The Labute approximate surface area is 101 Å². The van der Waals surface area contributed by atoms with Gasteiger partial charge in [-0.3, -0.25) is 8.98 Å². The molecule has 6 heteroatoms. The average Bonchev–Trinajstić information content (AvgIpc) is 2.27. The standard InChI is InChI=1S/C11H15NO4S/c1-17(14,15)16-8-11(12-9-13)7-10-5-3-2-4-6-10/h2-6,9,11H,7-8H2,1H3,(H,12,13). The zero-order valence-corrected chi connectivity index (χ0v) is 10.3. The van der Waals surface area contributed by atoms with Gasteiger partial charge in [-0.25, -0.2) is 0 Å². The van der Waals surface area contributed by atoms with Crippen LogP contribution < -0.4 is 5.32 Å². The van der Waals surface area contributed by atoms with Crippen LogP contribution >= 0.6 is 0 Å². The maximum atomic E-state index is 10.9. The van der Waals surface area contributed by atoms with Gasteiger partial charge >= 0.3 is 0 Å². The fraction of sp³-hybridized carbons (Fsp3) is 0.364. The summed E-state index contributed by atoms with van der Waals surface area (Å²) in [5.41, 5.74) is 1.00. The molecule has 1 aromatic carbocycles. The van der Waals surface area contributed by atoms with E-state index in [0.29, 0.717) is 12.8 Å². The molecule has 0 aliphatic carbocycles. The number of hydrogen-bond acceptors (Lipinski definition) is 4. The fourth-order valence-electron chi connectivity index (χ4n) is 1.37. The quantitative estimate of drug-likeness (QED) is 0.564. The SMILES string of the molecule is CS(=O)(=O)OCC(Cc1ccccc1)NC=O. The first kappa shape index (κ1) is 13.7. The molecule has 0 fully saturated rings. The Kier molecular flexibility index (Phi) is 5.11. The molecule has 0 aliphatic rings. The third kappa shape index (κ3) is 6.03. The Morgan fingerprint density at radius 3 is 2.53 bits per heavy atom. The van der Waals surface area contributed by atoms with Gasteiger partial charge in [-0.1, -0.05) is 30.3 Å². The monoisotopic (exact) mass is 257 g/mol. The molecule has 0 saturated heterocycles. The van der Waals surface area contributed by atoms with Crippen molar-refractivity contribution in [3.05, 3.63) is 35.9 Å². The molecule has 5 nitrogen and oxygen atoms in total. The second kappa shape index (κ2) is 6.36. The lowest BCUT2D eigenvalue weighted by atomic mass is 10.1. The Morgan fingerprint density at radius 1 is 1.35 bits per heavy atom. The van der Waals surface area contributed by atoms with E-state index in [-0.39, 0.29) is 12.6 Å². The van der Waals surface area contributed by atoms with Gasteiger partial charge in [-0.05, 0) is 12.0 Å². The van der Waals surface area contributed by atoms with Crippen molar-refractivity contribution < 1.29 is 17.4 Å². The summed E-state index contributed by atoms with van der Waals surface area (Å²) in [6.07, 6.45) is 2.04. The molecule has 17 heavy (non-hydrogen) atoms. The van der Waals surface area contributed by atoms with Crippen LogP contribution in [-0.4, -0.2) is 33.7 Å². The molecule has 1 unspecified atom stereocenters. The third-order valence-electron chi connectivity index (χ3n) is 2.11. The van der Waals surface area contributed by atoms with Gasteiger partial charge in [0.25, 0.3) is 10.1 Å². The maximum absolute atomic E-state index is 10.9. The first-order valence-corrected chi connectivity index (χ1v) is 6.91. The van der Waals surface area contributed by atoms with Gasteiger partial charge in [0.2, 0.25) is 6.41 Å². The van der Waals surface area contributed by atoms with Gasteiger partial charge in [0.1, 0.15) is 0 Å². The highest BCUT2D eigenvalue weighted by Crippen LogP contribution is 2.04. The lowest BCUT2D eigenvalue weighted by molar-refractivity contribution is -0.110. The van der Waals surface area contributed by atoms with Crippen molar-refractivity contribution in [2.24, 2.45) is 0 Å². The van der Waals surface area contributed by atoms with Crippen molar-refractivity contribution >= 4 is 16.5 Å². The Bertz CT molecular complexity index is 444. The van der Waals surface area contributed by atoms with Crippen molar-refractivity contribution in [2.75, 3.05) is 12.9 Å². The van der Waals surface area contributed by atoms with Gasteiger partial charge in [-0.2, -0.15) is 8.42 Å². The molecule has 1 aromatic rings. The van der Waals surface area contributed by atoms with E-state index in [1.807, 2.05) is 30.3 Å². The summed E-state index contributed by atoms with van der Waals surface area (Å²) in [5, 5.41) is 2.53. The zero-order valence-electron chi connectivity index (χ0n) is 9.50. The van der Waals surface area contributed by atoms with Gasteiger partial charge in [-0.15, -0.1) is 0 Å². The molecular formula is C11H15NO4S. The minimum absolute atomic E-state index is 0.0630. The van der Waals surface area contributed by atoms with Crippen LogP contribution in [-0.2, 0) is 25.5 Å². The minimum atomic E-state index is -3.49. The van der Waals surface area contributed by atoms with E-state index in [1.165, 1.54) is 0 Å². The summed E-state index contributed by atoms with van der Waals surface area (Å²) >= 11 is 0. The second-order valence-corrected chi connectivity index (χ2v) is 5.30. The number of amides is 1. The van der Waals surface area contributed by atoms with E-state index in [0.717, 1.165) is 11.8 Å². The summed E-state index contributed by atoms with van der Waals surface area (Å²) in [4.78, 5) is 10.4. The molecule has 0 heterocycles. The van der Waals surface area contributed by atoms with Crippen LogP contribution in [0.1, 0.15) is 5.56 Å². The highest BCUT2D eigenvalue weighted by Gasteiger charge is 2.12. The van der Waals surface area contributed by atoms with E-state index < -0.39 is 10.1 Å². The summed E-state index contributed by atoms with van der Waals surface area (Å²) in [5.74, 6) is 0. The number of nitrogens with one attached hydrogen (secondary N) is 1. The smallest absolute Gasteiger partial charge is 0.264 e. The summed E-state index contributed by atoms with van der Waals surface area (Å²) in [7, 11) is -3.49. The lowest BCUT2D eigenvalue weighted by Crippen LogP contribution is -2.35. The van der Waals surface area contributed by atoms with Crippen molar-refractivity contribution in [2.45, 2.75) is 12.5 Å². The van der Waals surface area contributed by atoms with Crippen molar-refractivity contribution in [1.82, 2.24) is 5.32 Å². The Hall–Kier alpha value is -1.40. The van der Waals surface area contributed by atoms with Crippen LogP contribution in [0, 0.1) is 0 Å². The number of carbonyl (C=O) groups is 1. The molecule has 0 bridgehead atoms. The van der Waals surface area contributed by atoms with E-state index in [2.05, 4.69) is 9.50 Å². The van der Waals surface area contributed by atoms with E-state index in [1.54, 1.807) is 0 Å². The molecule has 0 spiro atoms. The first-order chi connectivity index (χ1) is 8.01. The minimum Gasteiger partial charge on any atom is -0.353 e. The largest absolute Gasteiger partial charge is 0.353 e. The first-order valence-electron chi connectivity index (χ1n) is 5.09. The van der Waals surface area contributed by atoms with E-state index >= 15 is 0 Å². The summed E-state index contributed by atoms with van der Waals surface area (Å²) in [6, 6.07) is 9.10. The number of benzene rings is 1. The molecule has 1 rings (SSSR count). The van der Waals surface area contributed by atoms with Gasteiger partial charge < -0.3 is 5.32 Å². The molecule has 0 saturated carbocycles. The predicted octanol–water partition coefficient (Wildman–Crippen LogP) is 0.320. The lowest BCUT2D eigenvalue weighted by Gasteiger charge is -2.15. The van der Waals surface area contributed by atoms with Crippen molar-refractivity contribution in [3.8, 4) is 0 Å². The summed E-state index contributed by atoms with van der Waals surface area (Å²) in [6.45, 7) is -0.0630.